The highest BCUT2D eigenvalue weighted by Crippen LogP contribution is 2.33. The van der Waals surface area contributed by atoms with Crippen molar-refractivity contribution in [1.82, 2.24) is 20.5 Å². The second kappa shape index (κ2) is 10.9. The smallest absolute Gasteiger partial charge is 0.228 e. The average Bonchev–Trinajstić information content (AvgIpc) is 3.33. The van der Waals surface area contributed by atoms with Gasteiger partial charge in [-0.2, -0.15) is 5.10 Å². The summed E-state index contributed by atoms with van der Waals surface area (Å²) < 4.78 is 0. The first-order valence-corrected chi connectivity index (χ1v) is 11.2. The molecule has 1 heterocycles. The van der Waals surface area contributed by atoms with Crippen molar-refractivity contribution in [3.8, 4) is 11.3 Å². The lowest BCUT2D eigenvalue weighted by molar-refractivity contribution is -0.126. The molecular weight excluding hydrogens is 420 g/mol. The normalized spacial score (nSPS) is 19.5. The first kappa shape index (κ1) is 24.2. The van der Waals surface area contributed by atoms with Gasteiger partial charge in [-0.1, -0.05) is 44.0 Å². The number of primary amides is 1. The van der Waals surface area contributed by atoms with E-state index >= 15 is 0 Å². The molecule has 0 aliphatic heterocycles. The van der Waals surface area contributed by atoms with Crippen molar-refractivity contribution in [3.05, 3.63) is 54.0 Å². The highest BCUT2D eigenvalue weighted by molar-refractivity contribution is 6.01. The Bertz CT molecular complexity index is 998. The predicted octanol–water partition coefficient (Wildman–Crippen LogP) is 2.34. The van der Waals surface area contributed by atoms with Gasteiger partial charge < -0.3 is 16.1 Å². The van der Waals surface area contributed by atoms with Crippen LogP contribution < -0.4 is 16.9 Å². The summed E-state index contributed by atoms with van der Waals surface area (Å²) in [6.45, 7) is 1.81. The Labute approximate surface area is 193 Å². The highest BCUT2D eigenvalue weighted by atomic mass is 16.2. The van der Waals surface area contributed by atoms with E-state index in [0.717, 1.165) is 24.1 Å². The number of aromatic nitrogens is 2. The summed E-state index contributed by atoms with van der Waals surface area (Å²) in [6.07, 6.45) is 6.58. The van der Waals surface area contributed by atoms with Gasteiger partial charge in [0.15, 0.2) is 5.78 Å². The number of hydrazine groups is 1. The molecule has 1 fully saturated rings. The Kier molecular flexibility index (Phi) is 8.00. The molecule has 1 aliphatic carbocycles. The third-order valence-electron chi connectivity index (χ3n) is 6.16. The van der Waals surface area contributed by atoms with E-state index in [-0.39, 0.29) is 11.7 Å². The van der Waals surface area contributed by atoms with Crippen LogP contribution in [0.1, 0.15) is 49.4 Å². The van der Waals surface area contributed by atoms with Crippen LogP contribution in [0.3, 0.4) is 0 Å². The summed E-state index contributed by atoms with van der Waals surface area (Å²) in [5, 5.41) is 11.0. The molecule has 9 heteroatoms. The van der Waals surface area contributed by atoms with E-state index in [4.69, 9.17) is 11.6 Å². The molecule has 3 unspecified atom stereocenters. The van der Waals surface area contributed by atoms with E-state index in [2.05, 4.69) is 15.5 Å². The second-order valence-electron chi connectivity index (χ2n) is 8.51. The van der Waals surface area contributed by atoms with Gasteiger partial charge in [-0.15, -0.1) is 0 Å². The Hall–Kier alpha value is -3.46. The molecule has 1 aliphatic rings. The van der Waals surface area contributed by atoms with Gasteiger partial charge in [0.1, 0.15) is 0 Å². The molecule has 3 rings (SSSR count). The molecule has 0 spiro atoms. The van der Waals surface area contributed by atoms with E-state index in [1.807, 2.05) is 25.1 Å². The summed E-state index contributed by atoms with van der Waals surface area (Å²) in [4.78, 5) is 38.5. The third kappa shape index (κ3) is 5.87. The molecule has 2 amide bonds. The first-order chi connectivity index (χ1) is 15.8. The number of nitrogens with two attached hydrogens (primary N) is 2. The van der Waals surface area contributed by atoms with Crippen molar-refractivity contribution in [3.63, 3.8) is 0 Å². The molecule has 1 aromatic heterocycles. The van der Waals surface area contributed by atoms with Crippen molar-refractivity contribution in [1.29, 1.82) is 0 Å². The topological polar surface area (TPSA) is 147 Å². The summed E-state index contributed by atoms with van der Waals surface area (Å²) in [6, 6.07) is 9.18. The third-order valence-corrected chi connectivity index (χ3v) is 6.16. The molecule has 1 aromatic carbocycles. The molecule has 1 saturated carbocycles. The minimum Gasteiger partial charge on any atom is -0.369 e. The number of H-pyrrole nitrogens is 1. The van der Waals surface area contributed by atoms with Crippen LogP contribution in [0.4, 0.5) is 0 Å². The van der Waals surface area contributed by atoms with Crippen LogP contribution in [0, 0.1) is 17.8 Å². The molecule has 6 N–H and O–H groups in total. The summed E-state index contributed by atoms with van der Waals surface area (Å²) in [7, 11) is 1.60. The largest absolute Gasteiger partial charge is 0.369 e. The van der Waals surface area contributed by atoms with E-state index in [0.29, 0.717) is 30.5 Å². The first-order valence-electron chi connectivity index (χ1n) is 11.2. The Morgan fingerprint density at radius 1 is 1.18 bits per heavy atom. The van der Waals surface area contributed by atoms with Gasteiger partial charge in [0.05, 0.1) is 11.6 Å². The molecule has 0 radical (unpaired) electrons. The van der Waals surface area contributed by atoms with Gasteiger partial charge in [-0.3, -0.25) is 19.5 Å². The SMILES string of the molecule is CCC(C(N)=O)/C(=C\N(C)N)NC(=O)C1CCCCC1C(=O)c1ccc(-c2ccn[nH]2)cc1. The van der Waals surface area contributed by atoms with Crippen LogP contribution in [0.25, 0.3) is 11.3 Å². The maximum Gasteiger partial charge on any atom is 0.228 e. The summed E-state index contributed by atoms with van der Waals surface area (Å²) in [5.41, 5.74) is 8.25. The van der Waals surface area contributed by atoms with Gasteiger partial charge in [-0.05, 0) is 30.9 Å². The zero-order valence-corrected chi connectivity index (χ0v) is 19.1. The summed E-state index contributed by atoms with van der Waals surface area (Å²) >= 11 is 0. The quantitative estimate of drug-likeness (QED) is 0.261. The average molecular weight is 453 g/mol. The van der Waals surface area contributed by atoms with E-state index in [1.165, 1.54) is 11.2 Å². The standard InChI is InChI=1S/C24H32N6O3/c1-3-17(23(25)32)21(14-30(2)26)28-24(33)19-7-5-4-6-18(19)22(31)16-10-8-15(9-11-16)20-12-13-27-29-20/h8-14,17-19H,3-7,26H2,1-2H3,(H2,25,32)(H,27,29)(H,28,33)/b21-14+. The zero-order valence-electron chi connectivity index (χ0n) is 19.1. The predicted molar refractivity (Wildman–Crippen MR) is 125 cm³/mol. The van der Waals surface area contributed by atoms with Crippen LogP contribution >= 0.6 is 0 Å². The number of hydrogen-bond acceptors (Lipinski definition) is 6. The molecule has 3 atom stereocenters. The van der Waals surface area contributed by atoms with Crippen LogP contribution in [-0.2, 0) is 9.59 Å². The Balaban J connectivity index is 1.79. The fourth-order valence-electron chi connectivity index (χ4n) is 4.44. The van der Waals surface area contributed by atoms with Crippen LogP contribution in [0.5, 0.6) is 0 Å². The second-order valence-corrected chi connectivity index (χ2v) is 8.51. The number of nitrogens with one attached hydrogen (secondary N) is 2. The number of Topliss-reactive ketones (excluding diaryl/α,β-unsaturated/α-hetero) is 1. The van der Waals surface area contributed by atoms with Gasteiger partial charge in [0.25, 0.3) is 0 Å². The van der Waals surface area contributed by atoms with Gasteiger partial charge in [0.2, 0.25) is 11.8 Å². The lowest BCUT2D eigenvalue weighted by Crippen LogP contribution is -2.42. The lowest BCUT2D eigenvalue weighted by Gasteiger charge is -2.30. The van der Waals surface area contributed by atoms with Gasteiger partial charge >= 0.3 is 0 Å². The maximum atomic E-state index is 13.4. The van der Waals surface area contributed by atoms with E-state index in [1.54, 1.807) is 25.4 Å². The molecular formula is C24H32N6O3. The van der Waals surface area contributed by atoms with Crippen LogP contribution in [-0.4, -0.2) is 39.9 Å². The molecule has 0 bridgehead atoms. The number of nitrogens with zero attached hydrogens (tertiary/aromatic N) is 2. The Morgan fingerprint density at radius 2 is 1.85 bits per heavy atom. The number of benzene rings is 1. The van der Waals surface area contributed by atoms with Crippen molar-refractivity contribution in [2.75, 3.05) is 7.05 Å². The number of carbonyl (C=O) groups excluding carboxylic acids is 3. The van der Waals surface area contributed by atoms with E-state index < -0.39 is 23.7 Å². The molecule has 2 aromatic rings. The van der Waals surface area contributed by atoms with Gasteiger partial charge in [-0.25, -0.2) is 5.84 Å². The van der Waals surface area contributed by atoms with Gasteiger partial charge in [0, 0.05) is 42.5 Å². The van der Waals surface area contributed by atoms with Crippen molar-refractivity contribution in [2.45, 2.75) is 39.0 Å². The van der Waals surface area contributed by atoms with E-state index in [9.17, 15) is 14.4 Å². The number of amides is 2. The molecule has 0 saturated heterocycles. The minimum absolute atomic E-state index is 0.0468. The molecule has 33 heavy (non-hydrogen) atoms. The number of carbonyl (C=O) groups is 3. The Morgan fingerprint density at radius 3 is 2.39 bits per heavy atom. The number of ketones is 1. The van der Waals surface area contributed by atoms with Crippen LogP contribution in [0.2, 0.25) is 0 Å². The van der Waals surface area contributed by atoms with Crippen molar-refractivity contribution in [2.24, 2.45) is 29.3 Å². The van der Waals surface area contributed by atoms with Crippen molar-refractivity contribution < 1.29 is 14.4 Å². The number of hydrogen-bond donors (Lipinski definition) is 4. The zero-order chi connectivity index (χ0) is 24.0. The number of aromatic amines is 1. The maximum absolute atomic E-state index is 13.4. The van der Waals surface area contributed by atoms with Crippen LogP contribution in [0.15, 0.2) is 48.4 Å². The molecule has 176 valence electrons. The number of rotatable bonds is 9. The fourth-order valence-corrected chi connectivity index (χ4v) is 4.44. The van der Waals surface area contributed by atoms with Crippen molar-refractivity contribution >= 4 is 17.6 Å². The lowest BCUT2D eigenvalue weighted by atomic mass is 9.74. The summed E-state index contributed by atoms with van der Waals surface area (Å²) in [5.74, 6) is 3.27. The molecule has 9 nitrogen and oxygen atoms in total. The monoisotopic (exact) mass is 452 g/mol. The highest BCUT2D eigenvalue weighted by Gasteiger charge is 2.37. The fraction of sp³-hybridized carbons (Fsp3) is 0.417. The minimum atomic E-state index is -0.673.